The highest BCUT2D eigenvalue weighted by Crippen LogP contribution is 2.25. The van der Waals surface area contributed by atoms with Gasteiger partial charge < -0.3 is 14.7 Å². The fourth-order valence-electron chi connectivity index (χ4n) is 3.55. The lowest BCUT2D eigenvalue weighted by Gasteiger charge is -2.38. The second-order valence-corrected chi connectivity index (χ2v) is 8.04. The van der Waals surface area contributed by atoms with Gasteiger partial charge in [-0.05, 0) is 37.6 Å². The number of benzene rings is 1. The average molecular weight is 390 g/mol. The number of hydrogen-bond donors (Lipinski definition) is 0. The number of nitrogens with zero attached hydrogens (tertiary/aromatic N) is 3. The predicted molar refractivity (Wildman–Crippen MR) is 108 cm³/mol. The molecule has 2 aliphatic rings. The first-order valence-corrected chi connectivity index (χ1v) is 10.7. The molecule has 0 bridgehead atoms. The van der Waals surface area contributed by atoms with E-state index in [1.807, 2.05) is 36.1 Å². The predicted octanol–water partition coefficient (Wildman–Crippen LogP) is 2.24. The summed E-state index contributed by atoms with van der Waals surface area (Å²) in [5, 5.41) is 0. The molecule has 2 amide bonds. The molecule has 1 atom stereocenters. The standard InChI is InChI=1S/C20H27N3O3S/c1-3-4-19(25)23-14-27-13-18(23)20(26)22-11-9-21(10-12-22)17-7-5-16(6-8-17)15(2)24/h5-8,18H,3-4,9-14H2,1-2H3. The molecule has 2 heterocycles. The van der Waals surface area contributed by atoms with Crippen LogP contribution in [0.15, 0.2) is 24.3 Å². The second-order valence-electron chi connectivity index (χ2n) is 7.04. The van der Waals surface area contributed by atoms with Gasteiger partial charge in [-0.3, -0.25) is 14.4 Å². The summed E-state index contributed by atoms with van der Waals surface area (Å²) in [5.41, 5.74) is 1.78. The highest BCUT2D eigenvalue weighted by atomic mass is 32.2. The summed E-state index contributed by atoms with van der Waals surface area (Å²) in [7, 11) is 0. The Balaban J connectivity index is 1.57. The van der Waals surface area contributed by atoms with Gasteiger partial charge >= 0.3 is 0 Å². The summed E-state index contributed by atoms with van der Waals surface area (Å²) in [6, 6.07) is 7.32. The molecule has 1 unspecified atom stereocenters. The molecule has 1 aromatic carbocycles. The average Bonchev–Trinajstić information content (AvgIpc) is 3.18. The van der Waals surface area contributed by atoms with Crippen molar-refractivity contribution in [2.75, 3.05) is 42.7 Å². The fourth-order valence-corrected chi connectivity index (χ4v) is 4.73. The van der Waals surface area contributed by atoms with Gasteiger partial charge in [0.1, 0.15) is 6.04 Å². The van der Waals surface area contributed by atoms with Crippen molar-refractivity contribution in [2.45, 2.75) is 32.7 Å². The minimum Gasteiger partial charge on any atom is -0.368 e. The topological polar surface area (TPSA) is 60.9 Å². The number of anilines is 1. The van der Waals surface area contributed by atoms with E-state index in [2.05, 4.69) is 4.90 Å². The summed E-state index contributed by atoms with van der Waals surface area (Å²) in [5.74, 6) is 1.55. The summed E-state index contributed by atoms with van der Waals surface area (Å²) in [4.78, 5) is 42.5. The zero-order valence-corrected chi connectivity index (χ0v) is 16.8. The number of piperazine rings is 1. The molecule has 2 fully saturated rings. The van der Waals surface area contributed by atoms with Crippen LogP contribution in [0.1, 0.15) is 37.0 Å². The van der Waals surface area contributed by atoms with E-state index in [1.54, 1.807) is 23.6 Å². The number of thioether (sulfide) groups is 1. The molecule has 0 spiro atoms. The van der Waals surface area contributed by atoms with Gasteiger partial charge in [-0.25, -0.2) is 0 Å². The largest absolute Gasteiger partial charge is 0.368 e. The van der Waals surface area contributed by atoms with Crippen molar-refractivity contribution in [3.05, 3.63) is 29.8 Å². The van der Waals surface area contributed by atoms with Crippen LogP contribution < -0.4 is 4.90 Å². The van der Waals surface area contributed by atoms with Crippen LogP contribution in [0.25, 0.3) is 0 Å². The Bertz CT molecular complexity index is 699. The minimum absolute atomic E-state index is 0.0635. The molecule has 0 saturated carbocycles. The molecule has 0 aromatic heterocycles. The molecule has 0 N–H and O–H groups in total. The number of hydrogen-bond acceptors (Lipinski definition) is 5. The minimum atomic E-state index is -0.310. The number of ketones is 1. The molecule has 0 radical (unpaired) electrons. The second kappa shape index (κ2) is 8.78. The van der Waals surface area contributed by atoms with E-state index in [0.717, 1.165) is 25.2 Å². The van der Waals surface area contributed by atoms with Gasteiger partial charge in [0.2, 0.25) is 11.8 Å². The van der Waals surface area contributed by atoms with Crippen LogP contribution in [0.5, 0.6) is 0 Å². The lowest BCUT2D eigenvalue weighted by molar-refractivity contribution is -0.143. The van der Waals surface area contributed by atoms with Crippen LogP contribution in [0.3, 0.4) is 0 Å². The number of rotatable bonds is 5. The maximum Gasteiger partial charge on any atom is 0.246 e. The van der Waals surface area contributed by atoms with E-state index in [-0.39, 0.29) is 23.6 Å². The molecule has 0 aliphatic carbocycles. The number of Topliss-reactive ketones (excluding diaryl/α,β-unsaturated/α-hetero) is 1. The van der Waals surface area contributed by atoms with E-state index < -0.39 is 0 Å². The van der Waals surface area contributed by atoms with Gasteiger partial charge in [-0.1, -0.05) is 6.92 Å². The van der Waals surface area contributed by atoms with Crippen molar-refractivity contribution in [3.63, 3.8) is 0 Å². The van der Waals surface area contributed by atoms with Gasteiger partial charge in [0, 0.05) is 49.6 Å². The molecule has 2 saturated heterocycles. The van der Waals surface area contributed by atoms with Gasteiger partial charge in [0.25, 0.3) is 0 Å². The third kappa shape index (κ3) is 4.46. The van der Waals surface area contributed by atoms with Gasteiger partial charge in [-0.15, -0.1) is 11.8 Å². The number of amides is 2. The lowest BCUT2D eigenvalue weighted by atomic mass is 10.1. The highest BCUT2D eigenvalue weighted by Gasteiger charge is 2.37. The molecular weight excluding hydrogens is 362 g/mol. The van der Waals surface area contributed by atoms with Gasteiger partial charge in [0.05, 0.1) is 5.88 Å². The maximum atomic E-state index is 12.9. The molecule has 146 valence electrons. The first-order valence-electron chi connectivity index (χ1n) is 9.53. The molecule has 27 heavy (non-hydrogen) atoms. The normalized spacial score (nSPS) is 20.1. The SMILES string of the molecule is CCCC(=O)N1CSCC1C(=O)N1CCN(c2ccc(C(C)=O)cc2)CC1. The van der Waals surface area contributed by atoms with Gasteiger partial charge in [0.15, 0.2) is 5.78 Å². The Kier molecular flexibility index (Phi) is 6.42. The third-order valence-electron chi connectivity index (χ3n) is 5.18. The van der Waals surface area contributed by atoms with Crippen LogP contribution in [0.4, 0.5) is 5.69 Å². The molecule has 2 aliphatic heterocycles. The smallest absolute Gasteiger partial charge is 0.246 e. The van der Waals surface area contributed by atoms with E-state index in [4.69, 9.17) is 0 Å². The van der Waals surface area contributed by atoms with Crippen molar-refractivity contribution in [1.82, 2.24) is 9.80 Å². The summed E-state index contributed by atoms with van der Waals surface area (Å²) in [6.45, 7) is 6.38. The number of carbonyl (C=O) groups excluding carboxylic acids is 3. The summed E-state index contributed by atoms with van der Waals surface area (Å²) >= 11 is 1.66. The third-order valence-corrected chi connectivity index (χ3v) is 6.19. The molecule has 7 heteroatoms. The Morgan fingerprint density at radius 1 is 1.07 bits per heavy atom. The van der Waals surface area contributed by atoms with Crippen LogP contribution >= 0.6 is 11.8 Å². The quantitative estimate of drug-likeness (QED) is 0.723. The first kappa shape index (κ1) is 19.7. The molecule has 3 rings (SSSR count). The molecular formula is C20H27N3O3S. The van der Waals surface area contributed by atoms with E-state index in [0.29, 0.717) is 36.7 Å². The maximum absolute atomic E-state index is 12.9. The van der Waals surface area contributed by atoms with Crippen molar-refractivity contribution in [1.29, 1.82) is 0 Å². The Hall–Kier alpha value is -2.02. The Morgan fingerprint density at radius 2 is 1.74 bits per heavy atom. The highest BCUT2D eigenvalue weighted by molar-refractivity contribution is 7.99. The lowest BCUT2D eigenvalue weighted by Crippen LogP contribution is -2.55. The molecule has 1 aromatic rings. The first-order chi connectivity index (χ1) is 13.0. The zero-order chi connectivity index (χ0) is 19.4. The van der Waals surface area contributed by atoms with Crippen molar-refractivity contribution < 1.29 is 14.4 Å². The summed E-state index contributed by atoms with van der Waals surface area (Å²) in [6.07, 6.45) is 1.32. The van der Waals surface area contributed by atoms with Gasteiger partial charge in [-0.2, -0.15) is 0 Å². The van der Waals surface area contributed by atoms with E-state index in [1.165, 1.54) is 0 Å². The fraction of sp³-hybridized carbons (Fsp3) is 0.550. The Morgan fingerprint density at radius 3 is 2.33 bits per heavy atom. The Labute approximate surface area is 164 Å². The van der Waals surface area contributed by atoms with Crippen LogP contribution in [0, 0.1) is 0 Å². The van der Waals surface area contributed by atoms with E-state index in [9.17, 15) is 14.4 Å². The number of carbonyl (C=O) groups is 3. The van der Waals surface area contributed by atoms with Crippen LogP contribution in [-0.4, -0.2) is 71.2 Å². The summed E-state index contributed by atoms with van der Waals surface area (Å²) < 4.78 is 0. The van der Waals surface area contributed by atoms with Crippen molar-refractivity contribution in [2.24, 2.45) is 0 Å². The van der Waals surface area contributed by atoms with Crippen LogP contribution in [-0.2, 0) is 9.59 Å². The van der Waals surface area contributed by atoms with Crippen molar-refractivity contribution in [3.8, 4) is 0 Å². The van der Waals surface area contributed by atoms with Crippen LogP contribution in [0.2, 0.25) is 0 Å². The van der Waals surface area contributed by atoms with Crippen molar-refractivity contribution >= 4 is 35.0 Å². The monoisotopic (exact) mass is 389 g/mol. The zero-order valence-electron chi connectivity index (χ0n) is 16.0. The molecule has 6 nitrogen and oxygen atoms in total. The van der Waals surface area contributed by atoms with E-state index >= 15 is 0 Å².